The van der Waals surface area contributed by atoms with Crippen molar-refractivity contribution in [3.8, 4) is 11.3 Å². The number of piperidine rings is 1. The zero-order chi connectivity index (χ0) is 24.4. The number of halogens is 2. The zero-order valence-electron chi connectivity index (χ0n) is 19.3. The number of fused-ring (bicyclic) bond motifs is 1. The number of urea groups is 1. The van der Waals surface area contributed by atoms with Crippen LogP contribution >= 0.6 is 11.6 Å². The van der Waals surface area contributed by atoms with Gasteiger partial charge in [-0.3, -0.25) is 0 Å². The van der Waals surface area contributed by atoms with Crippen LogP contribution in [0.4, 0.5) is 15.0 Å². The summed E-state index contributed by atoms with van der Waals surface area (Å²) in [5.41, 5.74) is 3.49. The van der Waals surface area contributed by atoms with E-state index in [1.54, 1.807) is 18.5 Å². The smallest absolute Gasteiger partial charge is 0.315 e. The third kappa shape index (κ3) is 5.22. The van der Waals surface area contributed by atoms with Crippen molar-refractivity contribution in [2.24, 2.45) is 0 Å². The summed E-state index contributed by atoms with van der Waals surface area (Å²) < 4.78 is 13.3. The molecule has 5 rings (SSSR count). The number of benzene rings is 2. The van der Waals surface area contributed by atoms with E-state index in [9.17, 15) is 9.18 Å². The van der Waals surface area contributed by atoms with Crippen LogP contribution in [0.15, 0.2) is 60.9 Å². The van der Waals surface area contributed by atoms with Gasteiger partial charge in [-0.05, 0) is 73.4 Å². The number of amides is 2. The average Bonchev–Trinajstić information content (AvgIpc) is 3.30. The highest BCUT2D eigenvalue weighted by Gasteiger charge is 2.24. The van der Waals surface area contributed by atoms with E-state index in [4.69, 9.17) is 11.6 Å². The Morgan fingerprint density at radius 2 is 1.83 bits per heavy atom. The first-order valence-corrected chi connectivity index (χ1v) is 12.0. The molecule has 0 aliphatic carbocycles. The highest BCUT2D eigenvalue weighted by molar-refractivity contribution is 6.30. The van der Waals surface area contributed by atoms with E-state index in [2.05, 4.69) is 30.5 Å². The summed E-state index contributed by atoms with van der Waals surface area (Å²) in [7, 11) is 0. The number of nitrogens with one attached hydrogen (secondary N) is 3. The van der Waals surface area contributed by atoms with E-state index in [1.807, 2.05) is 37.3 Å². The molecule has 4 aromatic rings. The highest BCUT2D eigenvalue weighted by Crippen LogP contribution is 2.30. The minimum absolute atomic E-state index is 0.0852. The van der Waals surface area contributed by atoms with Gasteiger partial charge in [0.15, 0.2) is 0 Å². The van der Waals surface area contributed by atoms with Crippen LogP contribution in [0.3, 0.4) is 0 Å². The van der Waals surface area contributed by atoms with Crippen LogP contribution in [-0.2, 0) is 0 Å². The first-order chi connectivity index (χ1) is 17.0. The van der Waals surface area contributed by atoms with Gasteiger partial charge >= 0.3 is 6.03 Å². The molecule has 180 valence electrons. The summed E-state index contributed by atoms with van der Waals surface area (Å²) in [6, 6.07) is 15.6. The summed E-state index contributed by atoms with van der Waals surface area (Å²) in [4.78, 5) is 27.0. The van der Waals surface area contributed by atoms with Crippen LogP contribution < -0.4 is 15.5 Å². The summed E-state index contributed by atoms with van der Waals surface area (Å²) in [5.74, 6) is 0.591. The number of nitrogens with zero attached hydrogens (tertiary/aromatic N) is 3. The van der Waals surface area contributed by atoms with Crippen molar-refractivity contribution < 1.29 is 9.18 Å². The predicted molar refractivity (Wildman–Crippen MR) is 136 cm³/mol. The molecule has 0 saturated carbocycles. The van der Waals surface area contributed by atoms with Gasteiger partial charge in [-0.15, -0.1) is 0 Å². The van der Waals surface area contributed by atoms with Gasteiger partial charge < -0.3 is 20.5 Å². The molecule has 1 saturated heterocycles. The third-order valence-corrected chi connectivity index (χ3v) is 6.66. The van der Waals surface area contributed by atoms with Gasteiger partial charge in [-0.1, -0.05) is 23.7 Å². The van der Waals surface area contributed by atoms with Gasteiger partial charge in [-0.25, -0.2) is 19.2 Å². The Kier molecular flexibility index (Phi) is 6.55. The molecule has 0 unspecified atom stereocenters. The fourth-order valence-corrected chi connectivity index (χ4v) is 4.58. The number of aromatic nitrogens is 3. The summed E-state index contributed by atoms with van der Waals surface area (Å²) in [6.07, 6.45) is 3.17. The second-order valence-corrected chi connectivity index (χ2v) is 9.24. The molecule has 35 heavy (non-hydrogen) atoms. The fraction of sp³-hybridized carbons (Fsp3) is 0.269. The second kappa shape index (κ2) is 9.92. The number of hydrogen-bond acceptors (Lipinski definition) is 4. The predicted octanol–water partition coefficient (Wildman–Crippen LogP) is 5.45. The Morgan fingerprint density at radius 3 is 2.54 bits per heavy atom. The normalized spacial score (nSPS) is 15.2. The molecule has 2 aromatic heterocycles. The molecule has 3 N–H and O–H groups in total. The maximum atomic E-state index is 13.3. The van der Waals surface area contributed by atoms with E-state index in [-0.39, 0.29) is 23.9 Å². The fourth-order valence-electron chi connectivity index (χ4n) is 4.46. The standard InChI is InChI=1S/C26H26ClFN6O/c1-16(17-2-6-19(27)7-3-17)31-26(35)32-21-10-12-34(13-11-21)25-22-14-23(33-24(22)29-15-30-25)18-4-8-20(28)9-5-18/h2-9,14-16,21H,10-13H2,1H3,(H,29,30,33)(H2,31,32,35)/t16-/m0/s1. The van der Waals surface area contributed by atoms with Crippen molar-refractivity contribution in [3.05, 3.63) is 77.3 Å². The Morgan fingerprint density at radius 1 is 1.11 bits per heavy atom. The molecule has 0 spiro atoms. The van der Waals surface area contributed by atoms with Gasteiger partial charge in [0.05, 0.1) is 11.4 Å². The van der Waals surface area contributed by atoms with Crippen molar-refractivity contribution in [1.82, 2.24) is 25.6 Å². The van der Waals surface area contributed by atoms with Crippen LogP contribution in [0.5, 0.6) is 0 Å². The van der Waals surface area contributed by atoms with Gasteiger partial charge in [0, 0.05) is 29.8 Å². The molecule has 2 amide bonds. The molecule has 3 heterocycles. The molecular formula is C26H26ClFN6O. The Bertz CT molecular complexity index is 1320. The molecule has 2 aromatic carbocycles. The summed E-state index contributed by atoms with van der Waals surface area (Å²) in [5, 5.41) is 7.69. The summed E-state index contributed by atoms with van der Waals surface area (Å²) >= 11 is 5.95. The lowest BCUT2D eigenvalue weighted by Crippen LogP contribution is -2.48. The number of carbonyl (C=O) groups excluding carboxylic acids is 1. The highest BCUT2D eigenvalue weighted by atomic mass is 35.5. The topological polar surface area (TPSA) is 85.9 Å². The Hall–Kier alpha value is -3.65. The minimum atomic E-state index is -0.269. The average molecular weight is 493 g/mol. The Labute approximate surface area is 207 Å². The maximum absolute atomic E-state index is 13.3. The van der Waals surface area contributed by atoms with Crippen LogP contribution in [0.1, 0.15) is 31.4 Å². The third-order valence-electron chi connectivity index (χ3n) is 6.41. The number of hydrogen-bond donors (Lipinski definition) is 3. The lowest BCUT2D eigenvalue weighted by molar-refractivity contribution is 0.231. The Balaban J connectivity index is 1.20. The van der Waals surface area contributed by atoms with E-state index in [1.165, 1.54) is 12.1 Å². The molecular weight excluding hydrogens is 467 g/mol. The van der Waals surface area contributed by atoms with E-state index >= 15 is 0 Å². The van der Waals surface area contributed by atoms with Gasteiger partial charge in [0.2, 0.25) is 0 Å². The monoisotopic (exact) mass is 492 g/mol. The van der Waals surface area contributed by atoms with Gasteiger partial charge in [0.25, 0.3) is 0 Å². The minimum Gasteiger partial charge on any atom is -0.356 e. The lowest BCUT2D eigenvalue weighted by atomic mass is 10.0. The second-order valence-electron chi connectivity index (χ2n) is 8.80. The van der Waals surface area contributed by atoms with Crippen molar-refractivity contribution in [1.29, 1.82) is 0 Å². The first kappa shape index (κ1) is 23.1. The van der Waals surface area contributed by atoms with Gasteiger partial charge in [-0.2, -0.15) is 0 Å². The SMILES string of the molecule is C[C@H](NC(=O)NC1CCN(c2ncnc3[nH]c(-c4ccc(F)cc4)cc23)CC1)c1ccc(Cl)cc1. The first-order valence-electron chi connectivity index (χ1n) is 11.6. The van der Waals surface area contributed by atoms with Crippen molar-refractivity contribution in [2.45, 2.75) is 31.8 Å². The molecule has 1 aliphatic rings. The number of carbonyl (C=O) groups is 1. The molecule has 9 heteroatoms. The molecule has 1 fully saturated rings. The molecule has 1 aliphatic heterocycles. The largest absolute Gasteiger partial charge is 0.356 e. The van der Waals surface area contributed by atoms with Crippen molar-refractivity contribution in [2.75, 3.05) is 18.0 Å². The molecule has 0 radical (unpaired) electrons. The van der Waals surface area contributed by atoms with E-state index in [0.29, 0.717) is 5.02 Å². The number of H-pyrrole nitrogens is 1. The van der Waals surface area contributed by atoms with Crippen molar-refractivity contribution >= 4 is 34.5 Å². The zero-order valence-corrected chi connectivity index (χ0v) is 20.0. The maximum Gasteiger partial charge on any atom is 0.315 e. The van der Waals surface area contributed by atoms with Crippen LogP contribution in [-0.4, -0.2) is 40.1 Å². The number of rotatable bonds is 5. The lowest BCUT2D eigenvalue weighted by Gasteiger charge is -2.33. The van der Waals surface area contributed by atoms with Gasteiger partial charge in [0.1, 0.15) is 23.6 Å². The number of aromatic amines is 1. The molecule has 1 atom stereocenters. The van der Waals surface area contributed by atoms with Crippen LogP contribution in [0.25, 0.3) is 22.3 Å². The quantitative estimate of drug-likeness (QED) is 0.346. The van der Waals surface area contributed by atoms with E-state index < -0.39 is 0 Å². The van der Waals surface area contributed by atoms with E-state index in [0.717, 1.165) is 59.6 Å². The summed E-state index contributed by atoms with van der Waals surface area (Å²) in [6.45, 7) is 3.48. The van der Waals surface area contributed by atoms with Crippen LogP contribution in [0.2, 0.25) is 5.02 Å². The van der Waals surface area contributed by atoms with Crippen LogP contribution in [0, 0.1) is 5.82 Å². The molecule has 7 nitrogen and oxygen atoms in total. The van der Waals surface area contributed by atoms with Crippen molar-refractivity contribution in [3.63, 3.8) is 0 Å². The molecule has 0 bridgehead atoms. The number of anilines is 1.